The van der Waals surface area contributed by atoms with E-state index in [1.54, 1.807) is 18.2 Å². The Morgan fingerprint density at radius 2 is 1.88 bits per heavy atom. The number of fused-ring (bicyclic) bond motifs is 1. The van der Waals surface area contributed by atoms with Crippen molar-refractivity contribution in [3.05, 3.63) is 70.6 Å². The van der Waals surface area contributed by atoms with Gasteiger partial charge >= 0.3 is 0 Å². The average molecular weight is 360 g/mol. The number of nitrogens with one attached hydrogen (secondary N) is 1. The third-order valence-electron chi connectivity index (χ3n) is 4.02. The van der Waals surface area contributed by atoms with Gasteiger partial charge in [0.1, 0.15) is 11.6 Å². The van der Waals surface area contributed by atoms with Gasteiger partial charge in [0.05, 0.1) is 10.9 Å². The molecule has 0 saturated heterocycles. The van der Waals surface area contributed by atoms with Gasteiger partial charge in [0.15, 0.2) is 0 Å². The monoisotopic (exact) mass is 360 g/mol. The number of hydrogen-bond acceptors (Lipinski definition) is 3. The summed E-state index contributed by atoms with van der Waals surface area (Å²) in [5.74, 6) is -0.841. The lowest BCUT2D eigenvalue weighted by molar-refractivity contribution is 0.0946. The van der Waals surface area contributed by atoms with Crippen molar-refractivity contribution in [2.75, 3.05) is 20.6 Å². The highest BCUT2D eigenvalue weighted by Crippen LogP contribution is 2.26. The smallest absolute Gasteiger partial charge is 0.261 e. The second-order valence-corrected chi connectivity index (χ2v) is 7.12. The quantitative estimate of drug-likeness (QED) is 0.739. The van der Waals surface area contributed by atoms with Gasteiger partial charge in [-0.2, -0.15) is 0 Å². The van der Waals surface area contributed by atoms with Crippen molar-refractivity contribution in [2.45, 2.75) is 6.04 Å². The van der Waals surface area contributed by atoms with E-state index >= 15 is 0 Å². The number of benzene rings is 2. The Balaban J connectivity index is 1.74. The van der Waals surface area contributed by atoms with Crippen LogP contribution in [0.4, 0.5) is 8.78 Å². The molecule has 25 heavy (non-hydrogen) atoms. The SMILES string of the molecule is CN(C)C(CNC(=O)c1cc2ccc(F)cc2s1)c1cccc(F)c1. The van der Waals surface area contributed by atoms with E-state index in [-0.39, 0.29) is 23.6 Å². The van der Waals surface area contributed by atoms with Crippen LogP contribution >= 0.6 is 11.3 Å². The van der Waals surface area contributed by atoms with Crippen LogP contribution in [0.3, 0.4) is 0 Å². The lowest BCUT2D eigenvalue weighted by atomic mass is 10.1. The van der Waals surface area contributed by atoms with Gasteiger partial charge in [0, 0.05) is 11.2 Å². The minimum atomic E-state index is -0.319. The van der Waals surface area contributed by atoms with Crippen LogP contribution in [0.2, 0.25) is 0 Å². The fourth-order valence-electron chi connectivity index (χ4n) is 2.71. The van der Waals surface area contributed by atoms with Crippen molar-refractivity contribution in [1.29, 1.82) is 0 Å². The first kappa shape index (κ1) is 17.5. The molecule has 130 valence electrons. The van der Waals surface area contributed by atoms with Gasteiger partial charge in [0.2, 0.25) is 0 Å². The Morgan fingerprint density at radius 3 is 2.60 bits per heavy atom. The first-order valence-corrected chi connectivity index (χ1v) is 8.65. The van der Waals surface area contributed by atoms with Crippen LogP contribution in [0, 0.1) is 11.6 Å². The van der Waals surface area contributed by atoms with E-state index in [9.17, 15) is 13.6 Å². The molecular weight excluding hydrogens is 342 g/mol. The summed E-state index contributed by atoms with van der Waals surface area (Å²) >= 11 is 1.25. The third kappa shape index (κ3) is 4.03. The molecule has 0 saturated carbocycles. The van der Waals surface area contributed by atoms with Gasteiger partial charge in [-0.3, -0.25) is 4.79 Å². The van der Waals surface area contributed by atoms with Crippen LogP contribution in [-0.2, 0) is 0 Å². The normalized spacial score (nSPS) is 12.5. The molecule has 0 aliphatic heterocycles. The van der Waals surface area contributed by atoms with Gasteiger partial charge in [-0.1, -0.05) is 18.2 Å². The van der Waals surface area contributed by atoms with Crippen LogP contribution in [0.25, 0.3) is 10.1 Å². The largest absolute Gasteiger partial charge is 0.349 e. The second-order valence-electron chi connectivity index (χ2n) is 6.04. The predicted octanol–water partition coefficient (Wildman–Crippen LogP) is 4.21. The van der Waals surface area contributed by atoms with Crippen LogP contribution in [-0.4, -0.2) is 31.4 Å². The molecule has 3 aromatic rings. The highest BCUT2D eigenvalue weighted by Gasteiger charge is 2.17. The van der Waals surface area contributed by atoms with Crippen molar-refractivity contribution in [3.63, 3.8) is 0 Å². The number of thiophene rings is 1. The summed E-state index contributed by atoms with van der Waals surface area (Å²) in [4.78, 5) is 14.9. The number of nitrogens with zero attached hydrogens (tertiary/aromatic N) is 1. The molecule has 1 amide bonds. The number of hydrogen-bond donors (Lipinski definition) is 1. The summed E-state index contributed by atoms with van der Waals surface area (Å²) in [6.45, 7) is 0.345. The zero-order chi connectivity index (χ0) is 18.0. The van der Waals surface area contributed by atoms with Crippen LogP contribution in [0.5, 0.6) is 0 Å². The maximum atomic E-state index is 13.5. The maximum Gasteiger partial charge on any atom is 0.261 e. The van der Waals surface area contributed by atoms with E-state index in [0.717, 1.165) is 15.6 Å². The Labute approximate surface area is 148 Å². The highest BCUT2D eigenvalue weighted by molar-refractivity contribution is 7.20. The lowest BCUT2D eigenvalue weighted by Gasteiger charge is -2.25. The van der Waals surface area contributed by atoms with Gasteiger partial charge in [-0.15, -0.1) is 11.3 Å². The molecule has 0 fully saturated rings. The van der Waals surface area contributed by atoms with E-state index in [1.807, 2.05) is 25.1 Å². The lowest BCUT2D eigenvalue weighted by Crippen LogP contribution is -2.34. The van der Waals surface area contributed by atoms with Crippen molar-refractivity contribution in [3.8, 4) is 0 Å². The van der Waals surface area contributed by atoms with Crippen LogP contribution < -0.4 is 5.32 Å². The molecule has 1 aromatic heterocycles. The number of halogens is 2. The number of rotatable bonds is 5. The van der Waals surface area contributed by atoms with E-state index < -0.39 is 0 Å². The van der Waals surface area contributed by atoms with E-state index in [1.165, 1.54) is 35.6 Å². The minimum absolute atomic E-state index is 0.147. The average Bonchev–Trinajstić information content (AvgIpc) is 2.97. The van der Waals surface area contributed by atoms with Crippen molar-refractivity contribution < 1.29 is 13.6 Å². The fraction of sp³-hybridized carbons (Fsp3) is 0.211. The molecule has 3 nitrogen and oxygen atoms in total. The third-order valence-corrected chi connectivity index (χ3v) is 5.12. The topological polar surface area (TPSA) is 32.3 Å². The standard InChI is InChI=1S/C19H18F2N2OS/c1-23(2)16(12-4-3-5-14(20)8-12)11-22-19(24)18-9-13-6-7-15(21)10-17(13)25-18/h3-10,16H,11H2,1-2H3,(H,22,24). The molecule has 6 heteroatoms. The molecule has 0 radical (unpaired) electrons. The maximum absolute atomic E-state index is 13.5. The summed E-state index contributed by atoms with van der Waals surface area (Å²) in [6.07, 6.45) is 0. The summed E-state index contributed by atoms with van der Waals surface area (Å²) in [6, 6.07) is 12.4. The number of amides is 1. The summed E-state index contributed by atoms with van der Waals surface area (Å²) in [5, 5.41) is 3.73. The van der Waals surface area contributed by atoms with E-state index in [2.05, 4.69) is 5.32 Å². The molecule has 2 aromatic carbocycles. The zero-order valence-corrected chi connectivity index (χ0v) is 14.7. The molecule has 3 rings (SSSR count). The molecule has 0 spiro atoms. The van der Waals surface area contributed by atoms with Gasteiger partial charge in [-0.05, 0) is 55.4 Å². The molecule has 1 unspecified atom stereocenters. The molecule has 1 heterocycles. The van der Waals surface area contributed by atoms with E-state index in [0.29, 0.717) is 11.4 Å². The first-order valence-electron chi connectivity index (χ1n) is 7.83. The summed E-state index contributed by atoms with van der Waals surface area (Å²) in [5.41, 5.74) is 0.795. The molecule has 1 atom stereocenters. The predicted molar refractivity (Wildman–Crippen MR) is 96.9 cm³/mol. The molecule has 0 bridgehead atoms. The van der Waals surface area contributed by atoms with E-state index in [4.69, 9.17) is 0 Å². The van der Waals surface area contributed by atoms with Crippen LogP contribution in [0.1, 0.15) is 21.3 Å². The summed E-state index contributed by atoms with van der Waals surface area (Å²) in [7, 11) is 3.76. The second kappa shape index (κ2) is 7.29. The fourth-order valence-corrected chi connectivity index (χ4v) is 3.71. The molecule has 0 aliphatic carbocycles. The van der Waals surface area contributed by atoms with Gasteiger partial charge in [0.25, 0.3) is 5.91 Å². The number of carbonyl (C=O) groups is 1. The number of carbonyl (C=O) groups excluding carboxylic acids is 1. The Hall–Kier alpha value is -2.31. The molecular formula is C19H18F2N2OS. The Bertz CT molecular complexity index is 907. The van der Waals surface area contributed by atoms with Crippen molar-refractivity contribution in [2.24, 2.45) is 0 Å². The van der Waals surface area contributed by atoms with Gasteiger partial charge < -0.3 is 10.2 Å². The van der Waals surface area contributed by atoms with Crippen molar-refractivity contribution >= 4 is 27.3 Å². The number of likely N-dealkylation sites (N-methyl/N-ethyl adjacent to an activating group) is 1. The van der Waals surface area contributed by atoms with Crippen molar-refractivity contribution in [1.82, 2.24) is 10.2 Å². The highest BCUT2D eigenvalue weighted by atomic mass is 32.1. The zero-order valence-electron chi connectivity index (χ0n) is 13.9. The molecule has 0 aliphatic rings. The Morgan fingerprint density at radius 1 is 1.12 bits per heavy atom. The Kier molecular flexibility index (Phi) is 5.11. The van der Waals surface area contributed by atoms with Crippen LogP contribution in [0.15, 0.2) is 48.5 Å². The first-order chi connectivity index (χ1) is 11.9. The minimum Gasteiger partial charge on any atom is -0.349 e. The molecule has 1 N–H and O–H groups in total. The van der Waals surface area contributed by atoms with Gasteiger partial charge in [-0.25, -0.2) is 8.78 Å². The summed E-state index contributed by atoms with van der Waals surface area (Å²) < 4.78 is 27.5.